The van der Waals surface area contributed by atoms with Crippen LogP contribution in [0.4, 0.5) is 13.2 Å². The number of halogens is 3. The lowest BCUT2D eigenvalue weighted by atomic mass is 10.1. The van der Waals surface area contributed by atoms with Gasteiger partial charge in [-0.25, -0.2) is 0 Å². The largest absolute Gasteiger partial charge is 0.417 e. The third-order valence-electron chi connectivity index (χ3n) is 2.98. The Morgan fingerprint density at radius 3 is 2.86 bits per heavy atom. The monoisotopic (exact) mass is 317 g/mol. The van der Waals surface area contributed by atoms with Crippen LogP contribution in [0, 0.1) is 0 Å². The lowest BCUT2D eigenvalue weighted by Gasteiger charge is -2.32. The molecule has 1 saturated heterocycles. The summed E-state index contributed by atoms with van der Waals surface area (Å²) < 4.78 is 43.6. The van der Waals surface area contributed by atoms with Crippen molar-refractivity contribution in [3.63, 3.8) is 0 Å². The highest BCUT2D eigenvalue weighted by Gasteiger charge is 2.38. The number of ether oxygens (including phenoxy) is 1. The third kappa shape index (κ3) is 3.53. The average Bonchev–Trinajstić information content (AvgIpc) is 2.45. The Morgan fingerprint density at radius 1 is 1.50 bits per heavy atom. The molecule has 0 unspecified atom stereocenters. The number of hydrogen-bond acceptors (Lipinski definition) is 5. The second-order valence-corrected chi connectivity index (χ2v) is 4.37. The van der Waals surface area contributed by atoms with Crippen molar-refractivity contribution in [2.24, 2.45) is 5.16 Å². The van der Waals surface area contributed by atoms with Crippen LogP contribution < -0.4 is 0 Å². The smallest absolute Gasteiger partial charge is 0.365 e. The maximum atomic E-state index is 12.9. The number of rotatable bonds is 5. The first-order valence-corrected chi connectivity index (χ1v) is 6.54. The molecule has 0 saturated carbocycles. The number of amidine groups is 1. The van der Waals surface area contributed by atoms with Crippen LogP contribution >= 0.6 is 0 Å². The maximum Gasteiger partial charge on any atom is 0.417 e. The van der Waals surface area contributed by atoms with Crippen molar-refractivity contribution in [3.05, 3.63) is 29.6 Å². The highest BCUT2D eigenvalue weighted by molar-refractivity contribution is 6.09. The molecule has 2 heterocycles. The number of pyridine rings is 1. The Hall–Kier alpha value is -2.16. The van der Waals surface area contributed by atoms with Gasteiger partial charge in [0.15, 0.2) is 5.84 Å². The summed E-state index contributed by atoms with van der Waals surface area (Å²) in [6.45, 7) is 2.42. The molecule has 0 aromatic carbocycles. The van der Waals surface area contributed by atoms with Crippen molar-refractivity contribution in [3.8, 4) is 0 Å². The fourth-order valence-corrected chi connectivity index (χ4v) is 1.82. The van der Waals surface area contributed by atoms with Gasteiger partial charge in [-0.05, 0) is 13.0 Å². The number of amides is 1. The fraction of sp³-hybridized carbons (Fsp3) is 0.462. The summed E-state index contributed by atoms with van der Waals surface area (Å²) in [5, 5.41) is 3.68. The number of carbonyl (C=O) groups excluding carboxylic acids is 1. The summed E-state index contributed by atoms with van der Waals surface area (Å²) in [5.74, 6) is -0.535. The predicted octanol–water partition coefficient (Wildman–Crippen LogP) is 2.27. The van der Waals surface area contributed by atoms with Gasteiger partial charge in [0.2, 0.25) is 6.79 Å². The Morgan fingerprint density at radius 2 is 2.27 bits per heavy atom. The van der Waals surface area contributed by atoms with E-state index in [1.54, 1.807) is 6.92 Å². The van der Waals surface area contributed by atoms with Crippen molar-refractivity contribution < 1.29 is 27.5 Å². The molecule has 6 nitrogen and oxygen atoms in total. The zero-order valence-corrected chi connectivity index (χ0v) is 11.8. The Kier molecular flexibility index (Phi) is 4.96. The molecular weight excluding hydrogens is 303 g/mol. The van der Waals surface area contributed by atoms with Gasteiger partial charge in [-0.1, -0.05) is 5.16 Å². The van der Waals surface area contributed by atoms with E-state index in [1.807, 2.05) is 0 Å². The number of alkyl halides is 3. The van der Waals surface area contributed by atoms with E-state index in [0.717, 1.165) is 23.4 Å². The van der Waals surface area contributed by atoms with E-state index in [4.69, 9.17) is 9.57 Å². The van der Waals surface area contributed by atoms with E-state index in [2.05, 4.69) is 10.1 Å². The molecule has 22 heavy (non-hydrogen) atoms. The number of aromatic nitrogens is 1. The van der Waals surface area contributed by atoms with Crippen LogP contribution in [0.25, 0.3) is 0 Å². The minimum Gasteiger partial charge on any atom is -0.365 e. The molecule has 1 aliphatic rings. The van der Waals surface area contributed by atoms with Gasteiger partial charge >= 0.3 is 6.18 Å². The predicted molar refractivity (Wildman–Crippen MR) is 69.9 cm³/mol. The summed E-state index contributed by atoms with van der Waals surface area (Å²) >= 11 is 0. The molecule has 1 aliphatic heterocycles. The molecule has 0 spiro atoms. The number of likely N-dealkylation sites (tertiary alicyclic amines) is 1. The van der Waals surface area contributed by atoms with Crippen molar-refractivity contribution in [2.75, 3.05) is 19.9 Å². The normalized spacial score (nSPS) is 16.5. The molecule has 0 bridgehead atoms. The van der Waals surface area contributed by atoms with Crippen molar-refractivity contribution in [2.45, 2.75) is 19.5 Å². The minimum absolute atomic E-state index is 0.0806. The molecule has 120 valence electrons. The molecule has 0 atom stereocenters. The van der Waals surface area contributed by atoms with E-state index < -0.39 is 23.2 Å². The number of carbonyl (C=O) groups is 1. The average molecular weight is 317 g/mol. The van der Waals surface area contributed by atoms with Crippen LogP contribution in [0.1, 0.15) is 29.3 Å². The van der Waals surface area contributed by atoms with Gasteiger partial charge in [0.05, 0.1) is 11.1 Å². The molecule has 0 aliphatic carbocycles. The third-order valence-corrected chi connectivity index (χ3v) is 2.98. The van der Waals surface area contributed by atoms with Crippen molar-refractivity contribution >= 4 is 11.7 Å². The molecule has 9 heteroatoms. The Balaban J connectivity index is 2.13. The SMILES string of the molecule is CCOCON=C1CCN1C(=O)c1cnccc1C(F)(F)F. The highest BCUT2D eigenvalue weighted by atomic mass is 19.4. The number of hydrogen-bond donors (Lipinski definition) is 0. The van der Waals surface area contributed by atoms with Gasteiger partial charge < -0.3 is 9.57 Å². The second kappa shape index (κ2) is 6.73. The van der Waals surface area contributed by atoms with E-state index in [0.29, 0.717) is 13.0 Å². The van der Waals surface area contributed by atoms with Crippen molar-refractivity contribution in [1.82, 2.24) is 9.88 Å². The van der Waals surface area contributed by atoms with Crippen LogP contribution in [0.2, 0.25) is 0 Å². The molecule has 0 radical (unpaired) electrons. The first-order valence-electron chi connectivity index (χ1n) is 6.54. The standard InChI is InChI=1S/C13H14F3N3O3/c1-2-21-8-22-18-11-4-6-19(11)12(20)9-7-17-5-3-10(9)13(14,15)16/h3,5,7H,2,4,6,8H2,1H3. The van der Waals surface area contributed by atoms with Crippen LogP contribution in [0.15, 0.2) is 23.6 Å². The van der Waals surface area contributed by atoms with Gasteiger partial charge in [-0.2, -0.15) is 13.2 Å². The molecule has 1 fully saturated rings. The molecular formula is C13H14F3N3O3. The molecule has 1 aromatic rings. The van der Waals surface area contributed by atoms with Crippen LogP contribution in [0.3, 0.4) is 0 Å². The fourth-order valence-electron chi connectivity index (χ4n) is 1.82. The van der Waals surface area contributed by atoms with E-state index in [1.165, 1.54) is 0 Å². The molecule has 2 rings (SSSR count). The second-order valence-electron chi connectivity index (χ2n) is 4.37. The zero-order valence-electron chi connectivity index (χ0n) is 11.8. The van der Waals surface area contributed by atoms with E-state index in [-0.39, 0.29) is 19.2 Å². The Labute approximate surface area is 124 Å². The lowest BCUT2D eigenvalue weighted by Crippen LogP contribution is -2.48. The molecule has 1 amide bonds. The van der Waals surface area contributed by atoms with Crippen molar-refractivity contribution in [1.29, 1.82) is 0 Å². The summed E-state index contributed by atoms with van der Waals surface area (Å²) in [7, 11) is 0. The van der Waals surface area contributed by atoms with Crippen LogP contribution in [-0.4, -0.2) is 41.6 Å². The van der Waals surface area contributed by atoms with E-state index in [9.17, 15) is 18.0 Å². The zero-order chi connectivity index (χ0) is 16.2. The highest BCUT2D eigenvalue weighted by Crippen LogP contribution is 2.32. The topological polar surface area (TPSA) is 64.0 Å². The van der Waals surface area contributed by atoms with Gasteiger partial charge in [-0.15, -0.1) is 0 Å². The maximum absolute atomic E-state index is 12.9. The summed E-state index contributed by atoms with van der Waals surface area (Å²) in [5.41, 5.74) is -1.53. The van der Waals surface area contributed by atoms with Gasteiger partial charge in [-0.3, -0.25) is 14.7 Å². The van der Waals surface area contributed by atoms with Crippen LogP contribution in [0.5, 0.6) is 0 Å². The first-order chi connectivity index (χ1) is 10.4. The molecule has 0 N–H and O–H groups in total. The summed E-state index contributed by atoms with van der Waals surface area (Å²) in [4.78, 5) is 21.8. The van der Waals surface area contributed by atoms with Gasteiger partial charge in [0, 0.05) is 32.0 Å². The quantitative estimate of drug-likeness (QED) is 0.475. The number of nitrogens with zero attached hydrogens (tertiary/aromatic N) is 3. The molecule has 1 aromatic heterocycles. The van der Waals surface area contributed by atoms with Crippen LogP contribution in [-0.2, 0) is 15.8 Å². The summed E-state index contributed by atoms with van der Waals surface area (Å²) in [6, 6.07) is 0.773. The van der Waals surface area contributed by atoms with Gasteiger partial charge in [0.1, 0.15) is 0 Å². The Bertz CT molecular complexity index is 575. The first kappa shape index (κ1) is 16.2. The lowest BCUT2D eigenvalue weighted by molar-refractivity contribution is -0.138. The summed E-state index contributed by atoms with van der Waals surface area (Å²) in [6.07, 6.45) is -2.28. The minimum atomic E-state index is -4.62. The van der Waals surface area contributed by atoms with E-state index >= 15 is 0 Å². The van der Waals surface area contributed by atoms with Gasteiger partial charge in [0.25, 0.3) is 5.91 Å². The number of oxime groups is 1.